The fraction of sp³-hybridized carbons (Fsp3) is 0.158. The lowest BCUT2D eigenvalue weighted by molar-refractivity contribution is -0.116. The van der Waals surface area contributed by atoms with Crippen molar-refractivity contribution in [3.05, 3.63) is 58.4 Å². The Morgan fingerprint density at radius 2 is 1.96 bits per heavy atom. The first-order valence-electron chi connectivity index (χ1n) is 8.07. The molecule has 0 aliphatic carbocycles. The third-order valence-corrected chi connectivity index (χ3v) is 4.98. The van der Waals surface area contributed by atoms with E-state index in [4.69, 9.17) is 21.1 Å². The number of nitrogens with zero attached hydrogens (tertiary/aromatic N) is 1. The standard InChI is InChI=1S/C19H15ClN2O3S/c20-14-5-3-13(4-6-14)15-10-26-19(21-15)22-18(23)8-2-12-1-7-16-17(9-12)25-11-24-16/h1,3-7,9-10H,2,8,11H2,(H,21,22,23). The van der Waals surface area contributed by atoms with Gasteiger partial charge in [-0.1, -0.05) is 29.8 Å². The van der Waals surface area contributed by atoms with Crippen LogP contribution in [-0.2, 0) is 11.2 Å². The molecule has 1 N–H and O–H groups in total. The molecule has 0 saturated carbocycles. The van der Waals surface area contributed by atoms with E-state index in [1.165, 1.54) is 11.3 Å². The molecule has 0 saturated heterocycles. The molecular formula is C19H15ClN2O3S. The summed E-state index contributed by atoms with van der Waals surface area (Å²) in [6, 6.07) is 13.2. The first-order valence-corrected chi connectivity index (χ1v) is 9.33. The van der Waals surface area contributed by atoms with E-state index in [-0.39, 0.29) is 12.7 Å². The van der Waals surface area contributed by atoms with Gasteiger partial charge in [0.2, 0.25) is 12.7 Å². The maximum Gasteiger partial charge on any atom is 0.231 e. The number of carbonyl (C=O) groups excluding carboxylic acids is 1. The number of rotatable bonds is 5. The smallest absolute Gasteiger partial charge is 0.231 e. The third kappa shape index (κ3) is 3.81. The largest absolute Gasteiger partial charge is 0.454 e. The number of aryl methyl sites for hydroxylation is 1. The second kappa shape index (κ2) is 7.35. The summed E-state index contributed by atoms with van der Waals surface area (Å²) in [5.74, 6) is 1.41. The number of hydrogen-bond donors (Lipinski definition) is 1. The molecule has 0 radical (unpaired) electrons. The van der Waals surface area contributed by atoms with Crippen molar-refractivity contribution in [2.45, 2.75) is 12.8 Å². The third-order valence-electron chi connectivity index (χ3n) is 3.97. The van der Waals surface area contributed by atoms with Gasteiger partial charge >= 0.3 is 0 Å². The van der Waals surface area contributed by atoms with Crippen LogP contribution >= 0.6 is 22.9 Å². The van der Waals surface area contributed by atoms with Gasteiger partial charge in [-0.15, -0.1) is 11.3 Å². The number of thiazole rings is 1. The summed E-state index contributed by atoms with van der Waals surface area (Å²) < 4.78 is 10.6. The second-order valence-corrected chi connectivity index (χ2v) is 7.08. The van der Waals surface area contributed by atoms with Crippen LogP contribution in [0.1, 0.15) is 12.0 Å². The number of amides is 1. The molecule has 0 unspecified atom stereocenters. The summed E-state index contributed by atoms with van der Waals surface area (Å²) in [6.07, 6.45) is 0.993. The Balaban J connectivity index is 1.34. The SMILES string of the molecule is O=C(CCc1ccc2c(c1)OCO2)Nc1nc(-c2ccc(Cl)cc2)cs1. The van der Waals surface area contributed by atoms with Crippen LogP contribution < -0.4 is 14.8 Å². The number of aromatic nitrogens is 1. The summed E-state index contributed by atoms with van der Waals surface area (Å²) in [7, 11) is 0. The number of fused-ring (bicyclic) bond motifs is 1. The van der Waals surface area contributed by atoms with Crippen LogP contribution in [0.25, 0.3) is 11.3 Å². The zero-order chi connectivity index (χ0) is 17.9. The molecule has 4 rings (SSSR count). The summed E-state index contributed by atoms with van der Waals surface area (Å²) >= 11 is 7.30. The Kier molecular flexibility index (Phi) is 4.77. The zero-order valence-corrected chi connectivity index (χ0v) is 15.3. The molecule has 2 aromatic carbocycles. The second-order valence-electron chi connectivity index (χ2n) is 5.78. The minimum atomic E-state index is -0.0697. The molecule has 0 fully saturated rings. The van der Waals surface area contributed by atoms with E-state index in [2.05, 4.69) is 10.3 Å². The Labute approximate surface area is 159 Å². The lowest BCUT2D eigenvalue weighted by Crippen LogP contribution is -2.12. The van der Waals surface area contributed by atoms with Gasteiger partial charge in [0.25, 0.3) is 0 Å². The van der Waals surface area contributed by atoms with Crippen LogP contribution in [0.2, 0.25) is 5.02 Å². The summed E-state index contributed by atoms with van der Waals surface area (Å²) in [5.41, 5.74) is 2.81. The Hall–Kier alpha value is -2.57. The van der Waals surface area contributed by atoms with Gasteiger partial charge in [0, 0.05) is 22.4 Å². The van der Waals surface area contributed by atoms with Crippen LogP contribution in [0.3, 0.4) is 0 Å². The molecule has 1 aliphatic heterocycles. The van der Waals surface area contributed by atoms with Gasteiger partial charge in [0.05, 0.1) is 5.69 Å². The van der Waals surface area contributed by atoms with E-state index in [0.29, 0.717) is 23.0 Å². The van der Waals surface area contributed by atoms with Crippen LogP contribution in [0.15, 0.2) is 47.8 Å². The van der Waals surface area contributed by atoms with Crippen molar-refractivity contribution in [1.82, 2.24) is 4.98 Å². The lowest BCUT2D eigenvalue weighted by atomic mass is 10.1. The van der Waals surface area contributed by atoms with Crippen molar-refractivity contribution in [3.8, 4) is 22.8 Å². The van der Waals surface area contributed by atoms with E-state index in [1.807, 2.05) is 47.8 Å². The van der Waals surface area contributed by atoms with Gasteiger partial charge in [-0.3, -0.25) is 4.79 Å². The zero-order valence-electron chi connectivity index (χ0n) is 13.7. The highest BCUT2D eigenvalue weighted by atomic mass is 35.5. The van der Waals surface area contributed by atoms with Gasteiger partial charge in [-0.25, -0.2) is 4.98 Å². The monoisotopic (exact) mass is 386 g/mol. The van der Waals surface area contributed by atoms with Crippen molar-refractivity contribution >= 4 is 34.0 Å². The predicted molar refractivity (Wildman–Crippen MR) is 102 cm³/mol. The number of halogens is 1. The van der Waals surface area contributed by atoms with Crippen LogP contribution in [0.4, 0.5) is 5.13 Å². The summed E-state index contributed by atoms with van der Waals surface area (Å²) in [5, 5.41) is 6.04. The number of carbonyl (C=O) groups is 1. The number of benzene rings is 2. The molecule has 2 heterocycles. The number of hydrogen-bond acceptors (Lipinski definition) is 5. The predicted octanol–water partition coefficient (Wildman–Crippen LogP) is 4.76. The van der Waals surface area contributed by atoms with Crippen molar-refractivity contribution in [2.75, 3.05) is 12.1 Å². The maximum atomic E-state index is 12.2. The Morgan fingerprint density at radius 1 is 1.15 bits per heavy atom. The molecule has 3 aromatic rings. The minimum absolute atomic E-state index is 0.0697. The fourth-order valence-electron chi connectivity index (χ4n) is 2.62. The molecule has 0 bridgehead atoms. The first-order chi connectivity index (χ1) is 12.7. The maximum absolute atomic E-state index is 12.2. The molecule has 5 nitrogen and oxygen atoms in total. The molecule has 1 aliphatic rings. The molecule has 7 heteroatoms. The average Bonchev–Trinajstić information content (AvgIpc) is 3.29. The van der Waals surface area contributed by atoms with Gasteiger partial charge in [0.1, 0.15) is 0 Å². The summed E-state index contributed by atoms with van der Waals surface area (Å²) in [6.45, 7) is 0.249. The van der Waals surface area contributed by atoms with Crippen LogP contribution in [0, 0.1) is 0 Å². The van der Waals surface area contributed by atoms with Crippen molar-refractivity contribution < 1.29 is 14.3 Å². The highest BCUT2D eigenvalue weighted by molar-refractivity contribution is 7.14. The number of nitrogens with one attached hydrogen (secondary N) is 1. The number of anilines is 1. The van der Waals surface area contributed by atoms with Gasteiger partial charge in [-0.2, -0.15) is 0 Å². The van der Waals surface area contributed by atoms with Gasteiger partial charge in [0.15, 0.2) is 16.6 Å². The molecular weight excluding hydrogens is 372 g/mol. The van der Waals surface area contributed by atoms with E-state index >= 15 is 0 Å². The molecule has 0 atom stereocenters. The van der Waals surface area contributed by atoms with Crippen molar-refractivity contribution in [2.24, 2.45) is 0 Å². The molecule has 1 aromatic heterocycles. The topological polar surface area (TPSA) is 60.5 Å². The van der Waals surface area contributed by atoms with Crippen LogP contribution in [0.5, 0.6) is 11.5 Å². The molecule has 0 spiro atoms. The first kappa shape index (κ1) is 16.9. The molecule has 1 amide bonds. The average molecular weight is 387 g/mol. The van der Waals surface area contributed by atoms with Crippen molar-refractivity contribution in [3.63, 3.8) is 0 Å². The van der Waals surface area contributed by atoms with E-state index < -0.39 is 0 Å². The van der Waals surface area contributed by atoms with Crippen molar-refractivity contribution in [1.29, 1.82) is 0 Å². The Morgan fingerprint density at radius 3 is 2.81 bits per heavy atom. The normalized spacial score (nSPS) is 12.2. The highest BCUT2D eigenvalue weighted by Gasteiger charge is 2.14. The van der Waals surface area contributed by atoms with E-state index in [0.717, 1.165) is 28.3 Å². The lowest BCUT2D eigenvalue weighted by Gasteiger charge is -2.04. The van der Waals surface area contributed by atoms with E-state index in [9.17, 15) is 4.79 Å². The fourth-order valence-corrected chi connectivity index (χ4v) is 3.48. The minimum Gasteiger partial charge on any atom is -0.454 e. The van der Waals surface area contributed by atoms with Gasteiger partial charge < -0.3 is 14.8 Å². The molecule has 132 valence electrons. The summed E-state index contributed by atoms with van der Waals surface area (Å²) in [4.78, 5) is 16.7. The Bertz CT molecular complexity index is 940. The van der Waals surface area contributed by atoms with Gasteiger partial charge in [-0.05, 0) is 36.2 Å². The quantitative estimate of drug-likeness (QED) is 0.686. The van der Waals surface area contributed by atoms with E-state index in [1.54, 1.807) is 0 Å². The number of ether oxygens (including phenoxy) is 2. The molecule has 26 heavy (non-hydrogen) atoms. The highest BCUT2D eigenvalue weighted by Crippen LogP contribution is 2.33. The van der Waals surface area contributed by atoms with Crippen LogP contribution in [-0.4, -0.2) is 17.7 Å².